The summed E-state index contributed by atoms with van der Waals surface area (Å²) in [6.07, 6.45) is 6.82. The van der Waals surface area contributed by atoms with E-state index in [4.69, 9.17) is 11.6 Å². The van der Waals surface area contributed by atoms with E-state index in [2.05, 4.69) is 20.2 Å². The number of hydrogen-bond donors (Lipinski definition) is 2. The van der Waals surface area contributed by atoms with Crippen LogP contribution in [-0.2, 0) is 22.7 Å². The highest BCUT2D eigenvalue weighted by Gasteiger charge is 2.27. The summed E-state index contributed by atoms with van der Waals surface area (Å²) in [5.74, 6) is -0.0472. The molecule has 4 heterocycles. The number of pyridine rings is 2. The lowest BCUT2D eigenvalue weighted by Crippen LogP contribution is -2.39. The van der Waals surface area contributed by atoms with Gasteiger partial charge in [0.25, 0.3) is 5.56 Å². The number of nitrogens with one attached hydrogen (secondary N) is 2. The van der Waals surface area contributed by atoms with Crippen molar-refractivity contribution in [2.75, 3.05) is 13.1 Å². The van der Waals surface area contributed by atoms with Gasteiger partial charge >= 0.3 is 0 Å². The van der Waals surface area contributed by atoms with Gasteiger partial charge < -0.3 is 14.8 Å². The van der Waals surface area contributed by atoms with Gasteiger partial charge in [-0.25, -0.2) is 0 Å². The quantitative estimate of drug-likeness (QED) is 0.246. The van der Waals surface area contributed by atoms with E-state index < -0.39 is 0 Å². The first-order valence-corrected chi connectivity index (χ1v) is 14.9. The zero-order valence-electron chi connectivity index (χ0n) is 24.0. The molecule has 3 aromatic heterocycles. The molecule has 0 saturated carbocycles. The molecule has 1 aliphatic heterocycles. The SMILES string of the molecule is Cc1cc(Cl)c2[nH]ncc2c1CN(Cc1ccncc1)C(=O)CCC(=O)N1CCC(c2cc3ccccc3[nH]c2=O)CC1. The Kier molecular flexibility index (Phi) is 8.24. The molecule has 6 rings (SSSR count). The van der Waals surface area contributed by atoms with Gasteiger partial charge in [-0.1, -0.05) is 29.8 Å². The van der Waals surface area contributed by atoms with E-state index >= 15 is 0 Å². The molecule has 9 nitrogen and oxygen atoms in total. The maximum absolute atomic E-state index is 13.6. The Morgan fingerprint density at radius 3 is 2.60 bits per heavy atom. The van der Waals surface area contributed by atoms with Gasteiger partial charge in [0, 0.05) is 67.9 Å². The number of H-pyrrole nitrogens is 2. The van der Waals surface area contributed by atoms with Crippen LogP contribution < -0.4 is 5.56 Å². The Morgan fingerprint density at radius 1 is 1.05 bits per heavy atom. The van der Waals surface area contributed by atoms with E-state index in [1.54, 1.807) is 23.5 Å². The van der Waals surface area contributed by atoms with Crippen molar-refractivity contribution in [3.05, 3.63) is 105 Å². The minimum Gasteiger partial charge on any atom is -0.343 e. The summed E-state index contributed by atoms with van der Waals surface area (Å²) < 4.78 is 0. The van der Waals surface area contributed by atoms with E-state index in [1.807, 2.05) is 60.4 Å². The number of para-hydroxylation sites is 1. The van der Waals surface area contributed by atoms with Crippen molar-refractivity contribution >= 4 is 45.2 Å². The number of likely N-dealkylation sites (tertiary alicyclic amines) is 1. The van der Waals surface area contributed by atoms with Crippen LogP contribution in [0.4, 0.5) is 0 Å². The average Bonchev–Trinajstić information content (AvgIpc) is 3.52. The van der Waals surface area contributed by atoms with Crippen molar-refractivity contribution < 1.29 is 9.59 Å². The Hall–Kier alpha value is -4.50. The Balaban J connectivity index is 1.11. The van der Waals surface area contributed by atoms with Crippen molar-refractivity contribution in [3.8, 4) is 0 Å². The minimum absolute atomic E-state index is 0.0389. The molecule has 0 radical (unpaired) electrons. The van der Waals surface area contributed by atoms with E-state index in [9.17, 15) is 14.4 Å². The Bertz CT molecular complexity index is 1840. The molecule has 5 aromatic rings. The lowest BCUT2D eigenvalue weighted by atomic mass is 9.89. The summed E-state index contributed by atoms with van der Waals surface area (Å²) in [6, 6.07) is 15.4. The molecule has 1 aliphatic rings. The number of piperidine rings is 1. The molecule has 43 heavy (non-hydrogen) atoms. The normalized spacial score (nSPS) is 14.0. The van der Waals surface area contributed by atoms with Gasteiger partial charge in [0.05, 0.1) is 16.7 Å². The second-order valence-electron chi connectivity index (χ2n) is 11.2. The summed E-state index contributed by atoms with van der Waals surface area (Å²) in [6.45, 7) is 3.85. The Labute approximate surface area is 253 Å². The van der Waals surface area contributed by atoms with E-state index in [-0.39, 0.29) is 36.1 Å². The first kappa shape index (κ1) is 28.6. The third kappa shape index (κ3) is 6.17. The van der Waals surface area contributed by atoms with Gasteiger partial charge in [0.15, 0.2) is 0 Å². The molecule has 10 heteroatoms. The lowest BCUT2D eigenvalue weighted by Gasteiger charge is -2.32. The first-order valence-electron chi connectivity index (χ1n) is 14.5. The molecule has 0 bridgehead atoms. The summed E-state index contributed by atoms with van der Waals surface area (Å²) in [5.41, 5.74) is 5.16. The fraction of sp³-hybridized carbons (Fsp3) is 0.303. The van der Waals surface area contributed by atoms with Gasteiger partial charge in [-0.15, -0.1) is 0 Å². The number of aromatic nitrogens is 4. The van der Waals surface area contributed by atoms with E-state index in [0.29, 0.717) is 44.0 Å². The second-order valence-corrected chi connectivity index (χ2v) is 11.6. The smallest absolute Gasteiger partial charge is 0.251 e. The molecular formula is C33H33ClN6O3. The fourth-order valence-electron chi connectivity index (χ4n) is 6.04. The van der Waals surface area contributed by atoms with E-state index in [0.717, 1.165) is 44.1 Å². The first-order chi connectivity index (χ1) is 20.9. The number of benzene rings is 2. The highest BCUT2D eigenvalue weighted by Crippen LogP contribution is 2.30. The summed E-state index contributed by atoms with van der Waals surface area (Å²) >= 11 is 6.42. The van der Waals surface area contributed by atoms with Crippen LogP contribution in [0.25, 0.3) is 21.8 Å². The molecule has 2 amide bonds. The van der Waals surface area contributed by atoms with Crippen molar-refractivity contribution in [2.45, 2.75) is 51.6 Å². The molecular weight excluding hydrogens is 564 g/mol. The number of halogens is 1. The van der Waals surface area contributed by atoms with Crippen LogP contribution in [0.2, 0.25) is 5.02 Å². The fourth-order valence-corrected chi connectivity index (χ4v) is 6.35. The molecule has 1 saturated heterocycles. The summed E-state index contributed by atoms with van der Waals surface area (Å²) in [5, 5.41) is 9.58. The number of aromatic amines is 2. The van der Waals surface area contributed by atoms with Crippen LogP contribution in [0, 0.1) is 6.92 Å². The van der Waals surface area contributed by atoms with Crippen molar-refractivity contribution in [2.24, 2.45) is 0 Å². The van der Waals surface area contributed by atoms with Crippen LogP contribution in [0.5, 0.6) is 0 Å². The summed E-state index contributed by atoms with van der Waals surface area (Å²) in [4.78, 5) is 50.3. The van der Waals surface area contributed by atoms with Crippen LogP contribution in [0.1, 0.15) is 53.9 Å². The number of rotatable bonds is 8. The van der Waals surface area contributed by atoms with Gasteiger partial charge in [-0.2, -0.15) is 5.10 Å². The van der Waals surface area contributed by atoms with Gasteiger partial charge in [-0.05, 0) is 78.1 Å². The van der Waals surface area contributed by atoms with Crippen LogP contribution in [0.15, 0.2) is 71.9 Å². The van der Waals surface area contributed by atoms with Crippen LogP contribution in [-0.4, -0.2) is 54.9 Å². The van der Waals surface area contributed by atoms with Crippen molar-refractivity contribution in [1.82, 2.24) is 30.0 Å². The minimum atomic E-state index is -0.103. The van der Waals surface area contributed by atoms with Crippen LogP contribution >= 0.6 is 11.6 Å². The number of amides is 2. The third-order valence-corrected chi connectivity index (χ3v) is 8.77. The predicted octanol–water partition coefficient (Wildman–Crippen LogP) is 5.48. The third-order valence-electron chi connectivity index (χ3n) is 8.47. The van der Waals surface area contributed by atoms with Crippen LogP contribution in [0.3, 0.4) is 0 Å². The highest BCUT2D eigenvalue weighted by molar-refractivity contribution is 6.35. The number of nitrogens with zero attached hydrogens (tertiary/aromatic N) is 4. The standard InChI is InChI=1S/C33H33ClN6O3/c1-21-16-28(34)32-26(18-36-38-32)27(21)20-40(19-22-8-12-35-13-9-22)31(42)7-6-30(41)39-14-10-23(11-15-39)25-17-24-4-2-3-5-29(24)37-33(25)43/h2-5,8-9,12-13,16-18,23H,6-7,10-11,14-15,19-20H2,1H3,(H,36,38)(H,37,43). The Morgan fingerprint density at radius 2 is 1.81 bits per heavy atom. The number of aryl methyl sites for hydroxylation is 1. The molecule has 0 spiro atoms. The molecule has 220 valence electrons. The van der Waals surface area contributed by atoms with Crippen molar-refractivity contribution in [1.29, 1.82) is 0 Å². The van der Waals surface area contributed by atoms with Gasteiger partial charge in [0.1, 0.15) is 0 Å². The molecule has 2 aromatic carbocycles. The average molecular weight is 597 g/mol. The summed E-state index contributed by atoms with van der Waals surface area (Å²) in [7, 11) is 0. The second kappa shape index (κ2) is 12.4. The number of hydrogen-bond acceptors (Lipinski definition) is 5. The van der Waals surface area contributed by atoms with Gasteiger partial charge in [-0.3, -0.25) is 24.5 Å². The maximum Gasteiger partial charge on any atom is 0.251 e. The number of carbonyl (C=O) groups is 2. The predicted molar refractivity (Wildman–Crippen MR) is 167 cm³/mol. The molecule has 0 aliphatic carbocycles. The maximum atomic E-state index is 13.6. The lowest BCUT2D eigenvalue weighted by molar-refractivity contribution is -0.138. The molecule has 0 unspecified atom stereocenters. The van der Waals surface area contributed by atoms with Gasteiger partial charge in [0.2, 0.25) is 11.8 Å². The topological polar surface area (TPSA) is 115 Å². The molecule has 0 atom stereocenters. The number of fused-ring (bicyclic) bond motifs is 2. The monoisotopic (exact) mass is 596 g/mol. The number of carbonyl (C=O) groups excluding carboxylic acids is 2. The molecule has 1 fully saturated rings. The van der Waals surface area contributed by atoms with E-state index in [1.165, 1.54) is 0 Å². The highest BCUT2D eigenvalue weighted by atomic mass is 35.5. The zero-order chi connectivity index (χ0) is 29.9. The largest absolute Gasteiger partial charge is 0.343 e. The molecule has 2 N–H and O–H groups in total. The zero-order valence-corrected chi connectivity index (χ0v) is 24.7. The van der Waals surface area contributed by atoms with Crippen molar-refractivity contribution in [3.63, 3.8) is 0 Å².